The number of nitrogens with two attached hydrogens (primary N) is 1. The van der Waals surface area contributed by atoms with Crippen LogP contribution in [0.5, 0.6) is 0 Å². The summed E-state index contributed by atoms with van der Waals surface area (Å²) >= 11 is 0. The first-order chi connectivity index (χ1) is 8.63. The SMILES string of the molecule is NCCCN(C1CC1)S(=O)(=O)Cc1ccccc1. The van der Waals surface area contributed by atoms with Crippen LogP contribution in [0.2, 0.25) is 0 Å². The zero-order chi connectivity index (χ0) is 13.0. The molecule has 100 valence electrons. The van der Waals surface area contributed by atoms with Gasteiger partial charge in [0.05, 0.1) is 5.75 Å². The Kier molecular flexibility index (Phi) is 4.37. The average Bonchev–Trinajstić information content (AvgIpc) is 3.14. The van der Waals surface area contributed by atoms with Crippen LogP contribution in [0.1, 0.15) is 24.8 Å². The molecule has 2 N–H and O–H groups in total. The van der Waals surface area contributed by atoms with Crippen LogP contribution in [0.25, 0.3) is 0 Å². The molecule has 5 heteroatoms. The molecule has 1 aliphatic carbocycles. The van der Waals surface area contributed by atoms with E-state index in [9.17, 15) is 8.42 Å². The van der Waals surface area contributed by atoms with E-state index in [1.54, 1.807) is 4.31 Å². The first-order valence-electron chi connectivity index (χ1n) is 6.37. The van der Waals surface area contributed by atoms with Crippen molar-refractivity contribution in [3.05, 3.63) is 35.9 Å². The first-order valence-corrected chi connectivity index (χ1v) is 7.98. The normalized spacial score (nSPS) is 16.1. The molecular weight excluding hydrogens is 248 g/mol. The van der Waals surface area contributed by atoms with Crippen LogP contribution in [-0.2, 0) is 15.8 Å². The summed E-state index contributed by atoms with van der Waals surface area (Å²) in [5.41, 5.74) is 6.32. The van der Waals surface area contributed by atoms with E-state index in [1.165, 1.54) is 0 Å². The Morgan fingerprint density at radius 1 is 1.22 bits per heavy atom. The third kappa shape index (κ3) is 3.54. The fourth-order valence-electron chi connectivity index (χ4n) is 2.03. The lowest BCUT2D eigenvalue weighted by Gasteiger charge is -2.21. The van der Waals surface area contributed by atoms with Crippen molar-refractivity contribution in [1.29, 1.82) is 0 Å². The fourth-order valence-corrected chi connectivity index (χ4v) is 3.88. The zero-order valence-electron chi connectivity index (χ0n) is 10.5. The van der Waals surface area contributed by atoms with Gasteiger partial charge in [-0.1, -0.05) is 30.3 Å². The van der Waals surface area contributed by atoms with Gasteiger partial charge in [0.1, 0.15) is 0 Å². The van der Waals surface area contributed by atoms with Crippen LogP contribution in [0.15, 0.2) is 30.3 Å². The van der Waals surface area contributed by atoms with Crippen LogP contribution < -0.4 is 5.73 Å². The summed E-state index contributed by atoms with van der Waals surface area (Å²) in [6.45, 7) is 1.08. The van der Waals surface area contributed by atoms with Crippen molar-refractivity contribution in [3.8, 4) is 0 Å². The Morgan fingerprint density at radius 3 is 2.44 bits per heavy atom. The number of sulfonamides is 1. The summed E-state index contributed by atoms with van der Waals surface area (Å²) in [4.78, 5) is 0. The molecule has 1 aromatic carbocycles. The van der Waals surface area contributed by atoms with E-state index in [0.717, 1.165) is 24.8 Å². The van der Waals surface area contributed by atoms with Crippen molar-refractivity contribution in [2.75, 3.05) is 13.1 Å². The Bertz CT molecular complexity index is 469. The van der Waals surface area contributed by atoms with Gasteiger partial charge in [-0.25, -0.2) is 8.42 Å². The highest BCUT2D eigenvalue weighted by atomic mass is 32.2. The van der Waals surface area contributed by atoms with Gasteiger partial charge in [0.15, 0.2) is 0 Å². The van der Waals surface area contributed by atoms with Gasteiger partial charge in [0.2, 0.25) is 10.0 Å². The van der Waals surface area contributed by atoms with Crippen molar-refractivity contribution < 1.29 is 8.42 Å². The lowest BCUT2D eigenvalue weighted by molar-refractivity contribution is 0.399. The fraction of sp³-hybridized carbons (Fsp3) is 0.538. The Labute approximate surface area is 109 Å². The Balaban J connectivity index is 2.07. The minimum atomic E-state index is -3.21. The number of benzene rings is 1. The summed E-state index contributed by atoms with van der Waals surface area (Å²) in [6, 6.07) is 9.55. The average molecular weight is 268 g/mol. The Morgan fingerprint density at radius 2 is 1.89 bits per heavy atom. The summed E-state index contributed by atoms with van der Waals surface area (Å²) in [5, 5.41) is 0. The molecule has 0 aromatic heterocycles. The highest BCUT2D eigenvalue weighted by molar-refractivity contribution is 7.88. The second-order valence-corrected chi connectivity index (χ2v) is 6.65. The van der Waals surface area contributed by atoms with Crippen LogP contribution in [-0.4, -0.2) is 31.9 Å². The molecule has 0 bridgehead atoms. The van der Waals surface area contributed by atoms with E-state index in [1.807, 2.05) is 30.3 Å². The molecule has 0 aliphatic heterocycles. The third-order valence-corrected chi connectivity index (χ3v) is 4.98. The monoisotopic (exact) mass is 268 g/mol. The lowest BCUT2D eigenvalue weighted by Crippen LogP contribution is -2.35. The predicted octanol–water partition coefficient (Wildman–Crippen LogP) is 1.33. The van der Waals surface area contributed by atoms with Gasteiger partial charge in [-0.3, -0.25) is 0 Å². The van der Waals surface area contributed by atoms with Crippen LogP contribution in [0, 0.1) is 0 Å². The molecule has 1 aliphatic rings. The number of nitrogens with zero attached hydrogens (tertiary/aromatic N) is 1. The summed E-state index contributed by atoms with van der Waals surface area (Å²) in [6.07, 6.45) is 2.70. The van der Waals surface area contributed by atoms with Crippen molar-refractivity contribution in [3.63, 3.8) is 0 Å². The maximum Gasteiger partial charge on any atom is 0.218 e. The summed E-state index contributed by atoms with van der Waals surface area (Å²) in [5.74, 6) is 0.0922. The summed E-state index contributed by atoms with van der Waals surface area (Å²) < 4.78 is 26.4. The molecule has 1 aromatic rings. The molecule has 0 radical (unpaired) electrons. The van der Waals surface area contributed by atoms with E-state index in [-0.39, 0.29) is 11.8 Å². The molecule has 0 spiro atoms. The molecule has 0 unspecified atom stereocenters. The zero-order valence-corrected chi connectivity index (χ0v) is 11.3. The molecule has 1 saturated carbocycles. The Hall–Kier alpha value is -0.910. The van der Waals surface area contributed by atoms with Crippen molar-refractivity contribution >= 4 is 10.0 Å². The number of hydrogen-bond donors (Lipinski definition) is 1. The molecule has 18 heavy (non-hydrogen) atoms. The highest BCUT2D eigenvalue weighted by Gasteiger charge is 2.36. The van der Waals surface area contributed by atoms with E-state index in [2.05, 4.69) is 0 Å². The molecule has 0 atom stereocenters. The molecule has 0 saturated heterocycles. The molecule has 2 rings (SSSR count). The van der Waals surface area contributed by atoms with Gasteiger partial charge in [-0.15, -0.1) is 0 Å². The quantitative estimate of drug-likeness (QED) is 0.811. The lowest BCUT2D eigenvalue weighted by atomic mass is 10.2. The van der Waals surface area contributed by atoms with Crippen molar-refractivity contribution in [1.82, 2.24) is 4.31 Å². The minimum Gasteiger partial charge on any atom is -0.330 e. The number of hydrogen-bond acceptors (Lipinski definition) is 3. The molecule has 4 nitrogen and oxygen atoms in total. The van der Waals surface area contributed by atoms with Gasteiger partial charge in [-0.2, -0.15) is 4.31 Å². The summed E-state index contributed by atoms with van der Waals surface area (Å²) in [7, 11) is -3.21. The van der Waals surface area contributed by atoms with E-state index >= 15 is 0 Å². The molecule has 0 amide bonds. The smallest absolute Gasteiger partial charge is 0.218 e. The van der Waals surface area contributed by atoms with Gasteiger partial charge in [0, 0.05) is 12.6 Å². The van der Waals surface area contributed by atoms with Crippen molar-refractivity contribution in [2.24, 2.45) is 5.73 Å². The van der Waals surface area contributed by atoms with E-state index in [4.69, 9.17) is 5.73 Å². The van der Waals surface area contributed by atoms with E-state index < -0.39 is 10.0 Å². The van der Waals surface area contributed by atoms with Crippen LogP contribution in [0.3, 0.4) is 0 Å². The topological polar surface area (TPSA) is 63.4 Å². The highest BCUT2D eigenvalue weighted by Crippen LogP contribution is 2.30. The standard InChI is InChI=1S/C13H20N2O2S/c14-9-4-10-15(13-7-8-13)18(16,17)11-12-5-2-1-3-6-12/h1-3,5-6,13H,4,7-11,14H2. The molecule has 1 fully saturated rings. The third-order valence-electron chi connectivity index (χ3n) is 3.09. The van der Waals surface area contributed by atoms with Gasteiger partial charge < -0.3 is 5.73 Å². The molecular formula is C13H20N2O2S. The van der Waals surface area contributed by atoms with Gasteiger partial charge in [0.25, 0.3) is 0 Å². The maximum atomic E-state index is 12.4. The van der Waals surface area contributed by atoms with Crippen molar-refractivity contribution in [2.45, 2.75) is 31.1 Å². The number of rotatable bonds is 7. The second-order valence-electron chi connectivity index (χ2n) is 4.73. The largest absolute Gasteiger partial charge is 0.330 e. The van der Waals surface area contributed by atoms with Gasteiger partial charge in [-0.05, 0) is 31.4 Å². The minimum absolute atomic E-state index is 0.0922. The maximum absolute atomic E-state index is 12.4. The van der Waals surface area contributed by atoms with Crippen LogP contribution >= 0.6 is 0 Å². The van der Waals surface area contributed by atoms with Gasteiger partial charge >= 0.3 is 0 Å². The predicted molar refractivity (Wildman–Crippen MR) is 72.5 cm³/mol. The second kappa shape index (κ2) is 5.82. The van der Waals surface area contributed by atoms with Crippen LogP contribution in [0.4, 0.5) is 0 Å². The van der Waals surface area contributed by atoms with E-state index in [0.29, 0.717) is 13.1 Å². The molecule has 0 heterocycles. The first kappa shape index (κ1) is 13.5.